The third-order valence-electron chi connectivity index (χ3n) is 2.56. The second-order valence-electron chi connectivity index (χ2n) is 3.89. The lowest BCUT2D eigenvalue weighted by Crippen LogP contribution is -2.37. The van der Waals surface area contributed by atoms with Crippen LogP contribution in [-0.4, -0.2) is 17.9 Å². The van der Waals surface area contributed by atoms with Gasteiger partial charge < -0.3 is 16.4 Å². The summed E-state index contributed by atoms with van der Waals surface area (Å²) in [7, 11) is 0. The molecule has 2 amide bonds. The lowest BCUT2D eigenvalue weighted by atomic mass is 10.2. The van der Waals surface area contributed by atoms with Crippen molar-refractivity contribution in [3.8, 4) is 0 Å². The van der Waals surface area contributed by atoms with E-state index in [1.807, 2.05) is 0 Å². The Morgan fingerprint density at radius 1 is 1.53 bits per heavy atom. The summed E-state index contributed by atoms with van der Waals surface area (Å²) in [6, 6.07) is 3.33. The lowest BCUT2D eigenvalue weighted by molar-refractivity contribution is -0.122. The van der Waals surface area contributed by atoms with Crippen molar-refractivity contribution in [2.24, 2.45) is 0 Å². The van der Waals surface area contributed by atoms with E-state index in [1.54, 1.807) is 0 Å². The van der Waals surface area contributed by atoms with Crippen molar-refractivity contribution in [3.05, 3.63) is 24.0 Å². The van der Waals surface area contributed by atoms with E-state index in [4.69, 9.17) is 5.73 Å². The summed E-state index contributed by atoms with van der Waals surface area (Å²) in [6.07, 6.45) is 0.742. The van der Waals surface area contributed by atoms with Crippen LogP contribution in [0, 0.1) is 5.82 Å². The fraction of sp³-hybridized carbons (Fsp3) is 0.273. The van der Waals surface area contributed by atoms with Gasteiger partial charge in [0.15, 0.2) is 0 Å². The number of anilines is 2. The molecule has 1 aliphatic rings. The van der Waals surface area contributed by atoms with Crippen molar-refractivity contribution in [2.45, 2.75) is 18.9 Å². The van der Waals surface area contributed by atoms with Gasteiger partial charge in [-0.15, -0.1) is 0 Å². The zero-order valence-corrected chi connectivity index (χ0v) is 9.00. The van der Waals surface area contributed by atoms with E-state index in [0.717, 1.165) is 0 Å². The number of nitrogens with two attached hydrogens (primary N) is 1. The molecule has 0 spiro atoms. The molecular weight excluding hydrogens is 225 g/mol. The molecule has 2 rings (SSSR count). The smallest absolute Gasteiger partial charge is 0.247 e. The van der Waals surface area contributed by atoms with Crippen LogP contribution in [0.5, 0.6) is 0 Å². The minimum Gasteiger partial charge on any atom is -0.399 e. The molecule has 17 heavy (non-hydrogen) atoms. The number of nitrogen functional groups attached to an aromatic ring is 1. The molecule has 90 valence electrons. The van der Waals surface area contributed by atoms with Gasteiger partial charge >= 0.3 is 0 Å². The third kappa shape index (κ3) is 2.52. The molecule has 0 radical (unpaired) electrons. The topological polar surface area (TPSA) is 84.2 Å². The molecule has 1 heterocycles. The van der Waals surface area contributed by atoms with E-state index >= 15 is 0 Å². The number of carbonyl (C=O) groups excluding carboxylic acids is 2. The summed E-state index contributed by atoms with van der Waals surface area (Å²) in [5, 5.41) is 4.91. The average molecular weight is 237 g/mol. The predicted octanol–water partition coefficient (Wildman–Crippen LogP) is 0.625. The Morgan fingerprint density at radius 2 is 2.29 bits per heavy atom. The molecule has 0 aliphatic carbocycles. The molecule has 4 N–H and O–H groups in total. The summed E-state index contributed by atoms with van der Waals surface area (Å²) in [5.41, 5.74) is 5.87. The van der Waals surface area contributed by atoms with Crippen LogP contribution < -0.4 is 16.4 Å². The fourth-order valence-corrected chi connectivity index (χ4v) is 1.67. The standard InChI is InChI=1S/C11H12FN3O2/c12-7-2-1-6(13)5-9(7)15-11(17)8-3-4-10(16)14-8/h1-2,5,8H,3-4,13H2,(H,14,16)(H,15,17)/t8-/m0/s1. The van der Waals surface area contributed by atoms with Gasteiger partial charge in [0.2, 0.25) is 11.8 Å². The maximum absolute atomic E-state index is 13.3. The van der Waals surface area contributed by atoms with Gasteiger partial charge in [-0.2, -0.15) is 0 Å². The zero-order valence-electron chi connectivity index (χ0n) is 9.00. The first kappa shape index (κ1) is 11.4. The van der Waals surface area contributed by atoms with Gasteiger partial charge in [-0.25, -0.2) is 4.39 Å². The molecule has 0 unspecified atom stereocenters. The summed E-state index contributed by atoms with van der Waals surface area (Å²) in [6.45, 7) is 0. The van der Waals surface area contributed by atoms with E-state index in [2.05, 4.69) is 10.6 Å². The first-order valence-corrected chi connectivity index (χ1v) is 5.21. The van der Waals surface area contributed by atoms with Crippen LogP contribution in [0.1, 0.15) is 12.8 Å². The third-order valence-corrected chi connectivity index (χ3v) is 2.56. The van der Waals surface area contributed by atoms with E-state index in [1.165, 1.54) is 18.2 Å². The van der Waals surface area contributed by atoms with Crippen LogP contribution in [0.2, 0.25) is 0 Å². The molecule has 1 saturated heterocycles. The van der Waals surface area contributed by atoms with Crippen LogP contribution in [0.25, 0.3) is 0 Å². The van der Waals surface area contributed by atoms with E-state index in [0.29, 0.717) is 18.5 Å². The average Bonchev–Trinajstić information content (AvgIpc) is 2.70. The van der Waals surface area contributed by atoms with E-state index in [9.17, 15) is 14.0 Å². The minimum absolute atomic E-state index is 0.0242. The van der Waals surface area contributed by atoms with Gasteiger partial charge in [0.05, 0.1) is 5.69 Å². The van der Waals surface area contributed by atoms with Gasteiger partial charge in [0.25, 0.3) is 0 Å². The molecule has 0 aromatic heterocycles. The Bertz CT molecular complexity index is 476. The fourth-order valence-electron chi connectivity index (χ4n) is 1.67. The Hall–Kier alpha value is -2.11. The van der Waals surface area contributed by atoms with Gasteiger partial charge in [-0.05, 0) is 24.6 Å². The molecule has 1 aromatic rings. The largest absolute Gasteiger partial charge is 0.399 e. The molecular formula is C11H12FN3O2. The van der Waals surface area contributed by atoms with Gasteiger partial charge in [0, 0.05) is 12.1 Å². The highest BCUT2D eigenvalue weighted by molar-refractivity contribution is 5.99. The molecule has 1 aliphatic heterocycles. The SMILES string of the molecule is Nc1ccc(F)c(NC(=O)[C@@H]2CCC(=O)N2)c1. The molecule has 0 saturated carbocycles. The van der Waals surface area contributed by atoms with Crippen molar-refractivity contribution in [1.29, 1.82) is 0 Å². The van der Waals surface area contributed by atoms with Crippen LogP contribution in [-0.2, 0) is 9.59 Å². The van der Waals surface area contributed by atoms with Crippen molar-refractivity contribution in [2.75, 3.05) is 11.1 Å². The van der Waals surface area contributed by atoms with Crippen molar-refractivity contribution >= 4 is 23.2 Å². The first-order chi connectivity index (χ1) is 8.06. The van der Waals surface area contributed by atoms with Crippen molar-refractivity contribution in [1.82, 2.24) is 5.32 Å². The number of rotatable bonds is 2. The van der Waals surface area contributed by atoms with Crippen LogP contribution in [0.4, 0.5) is 15.8 Å². The minimum atomic E-state index is -0.594. The second kappa shape index (κ2) is 4.40. The molecule has 6 heteroatoms. The number of amides is 2. The molecule has 1 aromatic carbocycles. The molecule has 1 fully saturated rings. The molecule has 1 atom stereocenters. The van der Waals surface area contributed by atoms with Crippen LogP contribution in [0.3, 0.4) is 0 Å². The van der Waals surface area contributed by atoms with Crippen molar-refractivity contribution < 1.29 is 14.0 Å². The number of benzene rings is 1. The number of halogens is 1. The molecule has 5 nitrogen and oxygen atoms in total. The predicted molar refractivity (Wildman–Crippen MR) is 60.6 cm³/mol. The second-order valence-corrected chi connectivity index (χ2v) is 3.89. The highest BCUT2D eigenvalue weighted by Crippen LogP contribution is 2.18. The van der Waals surface area contributed by atoms with Crippen LogP contribution in [0.15, 0.2) is 18.2 Å². The summed E-state index contributed by atoms with van der Waals surface area (Å²) in [5.74, 6) is -1.16. The molecule has 0 bridgehead atoms. The Morgan fingerprint density at radius 3 is 2.94 bits per heavy atom. The van der Waals surface area contributed by atoms with E-state index in [-0.39, 0.29) is 11.6 Å². The normalized spacial score (nSPS) is 18.9. The number of carbonyl (C=O) groups is 2. The summed E-state index contributed by atoms with van der Waals surface area (Å²) in [4.78, 5) is 22.6. The highest BCUT2D eigenvalue weighted by atomic mass is 19.1. The maximum atomic E-state index is 13.3. The zero-order chi connectivity index (χ0) is 12.4. The highest BCUT2D eigenvalue weighted by Gasteiger charge is 2.27. The Kier molecular flexibility index (Phi) is 2.95. The lowest BCUT2D eigenvalue weighted by Gasteiger charge is -2.11. The summed E-state index contributed by atoms with van der Waals surface area (Å²) < 4.78 is 13.3. The van der Waals surface area contributed by atoms with Crippen molar-refractivity contribution in [3.63, 3.8) is 0 Å². The Labute approximate surface area is 97.2 Å². The number of hydrogen-bond acceptors (Lipinski definition) is 3. The Balaban J connectivity index is 2.07. The van der Waals surface area contributed by atoms with Crippen LogP contribution >= 0.6 is 0 Å². The number of hydrogen-bond donors (Lipinski definition) is 3. The van der Waals surface area contributed by atoms with E-state index < -0.39 is 17.8 Å². The van der Waals surface area contributed by atoms with Gasteiger partial charge in [0.1, 0.15) is 11.9 Å². The number of nitrogens with one attached hydrogen (secondary N) is 2. The summed E-state index contributed by atoms with van der Waals surface area (Å²) >= 11 is 0. The maximum Gasteiger partial charge on any atom is 0.247 e. The quantitative estimate of drug-likeness (QED) is 0.659. The first-order valence-electron chi connectivity index (χ1n) is 5.21. The van der Waals surface area contributed by atoms with Gasteiger partial charge in [-0.1, -0.05) is 0 Å². The monoisotopic (exact) mass is 237 g/mol. The van der Waals surface area contributed by atoms with Gasteiger partial charge in [-0.3, -0.25) is 9.59 Å².